The van der Waals surface area contributed by atoms with Crippen LogP contribution in [0.15, 0.2) is 17.0 Å². The molecule has 1 aromatic carbocycles. The number of hydrogen-bond donors (Lipinski definition) is 0. The molecule has 4 nitrogen and oxygen atoms in total. The van der Waals surface area contributed by atoms with Gasteiger partial charge < -0.3 is 4.55 Å². The lowest BCUT2D eigenvalue weighted by atomic mass is 10.2. The summed E-state index contributed by atoms with van der Waals surface area (Å²) < 4.78 is 51.2. The van der Waals surface area contributed by atoms with Crippen LogP contribution in [-0.4, -0.2) is 20.6 Å². The van der Waals surface area contributed by atoms with E-state index in [9.17, 15) is 17.7 Å². The molecule has 0 aliphatic carbocycles. The molecule has 1 aromatic heterocycles. The van der Waals surface area contributed by atoms with Crippen LogP contribution < -0.4 is 0 Å². The molecule has 0 saturated carbocycles. The van der Waals surface area contributed by atoms with Gasteiger partial charge in [-0.05, 0) is 30.2 Å². The highest BCUT2D eigenvalue weighted by Crippen LogP contribution is 2.38. The van der Waals surface area contributed by atoms with E-state index in [0.717, 1.165) is 16.8 Å². The second-order valence-electron chi connectivity index (χ2n) is 4.53. The molecule has 0 aliphatic rings. The molecule has 122 valence electrons. The van der Waals surface area contributed by atoms with Crippen LogP contribution in [0.5, 0.6) is 0 Å². The van der Waals surface area contributed by atoms with E-state index in [1.165, 1.54) is 13.2 Å². The lowest BCUT2D eigenvalue weighted by Crippen LogP contribution is -2.08. The minimum Gasteiger partial charge on any atom is -0.612 e. The quantitative estimate of drug-likeness (QED) is 0.735. The van der Waals surface area contributed by atoms with Crippen molar-refractivity contribution < 1.29 is 17.7 Å². The van der Waals surface area contributed by atoms with E-state index in [0.29, 0.717) is 5.69 Å². The summed E-state index contributed by atoms with van der Waals surface area (Å²) in [4.78, 5) is 0.180. The maximum atomic E-state index is 12.8. The van der Waals surface area contributed by atoms with Crippen LogP contribution in [0.1, 0.15) is 17.0 Å². The summed E-state index contributed by atoms with van der Waals surface area (Å²) in [5, 5.41) is 12.4. The van der Waals surface area contributed by atoms with Crippen molar-refractivity contribution in [1.82, 2.24) is 9.78 Å². The maximum Gasteiger partial charge on any atom is 0.416 e. The van der Waals surface area contributed by atoms with Gasteiger partial charge >= 0.3 is 6.18 Å². The van der Waals surface area contributed by atoms with Gasteiger partial charge in [0.15, 0.2) is 0 Å². The molecule has 2 rings (SSSR count). The Labute approximate surface area is 142 Å². The topological polar surface area (TPSA) is 64.7 Å². The van der Waals surface area contributed by atoms with E-state index in [-0.39, 0.29) is 26.3 Å². The summed E-state index contributed by atoms with van der Waals surface area (Å²) >= 11 is 10.3. The van der Waals surface area contributed by atoms with Crippen molar-refractivity contribution in [3.63, 3.8) is 0 Å². The van der Waals surface area contributed by atoms with E-state index in [2.05, 4.69) is 5.10 Å². The zero-order chi connectivity index (χ0) is 17.5. The lowest BCUT2D eigenvalue weighted by Gasteiger charge is -2.13. The summed E-state index contributed by atoms with van der Waals surface area (Å²) in [5.41, 5.74) is -0.797. The van der Waals surface area contributed by atoms with Crippen molar-refractivity contribution in [2.75, 3.05) is 6.26 Å². The van der Waals surface area contributed by atoms with Crippen LogP contribution in [0.2, 0.25) is 10.0 Å². The summed E-state index contributed by atoms with van der Waals surface area (Å²) in [5.74, 6) is 0. The smallest absolute Gasteiger partial charge is 0.416 e. The minimum absolute atomic E-state index is 0.00738. The third-order valence-electron chi connectivity index (χ3n) is 3.01. The molecule has 1 atom stereocenters. The Morgan fingerprint density at radius 3 is 2.17 bits per heavy atom. The zero-order valence-electron chi connectivity index (χ0n) is 11.7. The number of hydrogen-bond acceptors (Lipinski definition) is 3. The van der Waals surface area contributed by atoms with E-state index < -0.39 is 22.9 Å². The molecule has 10 heteroatoms. The average Bonchev–Trinajstić information content (AvgIpc) is 2.74. The third kappa shape index (κ3) is 3.28. The van der Waals surface area contributed by atoms with Crippen LogP contribution in [0.3, 0.4) is 0 Å². The minimum atomic E-state index is -4.60. The molecule has 0 aliphatic heterocycles. The van der Waals surface area contributed by atoms with Crippen LogP contribution in [-0.2, 0) is 17.4 Å². The Morgan fingerprint density at radius 1 is 1.30 bits per heavy atom. The van der Waals surface area contributed by atoms with E-state index in [1.807, 2.05) is 0 Å². The number of benzene rings is 1. The summed E-state index contributed by atoms with van der Waals surface area (Å²) in [6, 6.07) is 3.23. The molecule has 0 bridgehead atoms. The molecule has 0 amide bonds. The first kappa shape index (κ1) is 17.9. The molecule has 1 unspecified atom stereocenters. The Balaban J connectivity index is 2.72. The van der Waals surface area contributed by atoms with E-state index in [1.54, 1.807) is 6.07 Å². The predicted octanol–water partition coefficient (Wildman–Crippen LogP) is 4.12. The number of nitrogens with zero attached hydrogens (tertiary/aromatic N) is 3. The molecule has 23 heavy (non-hydrogen) atoms. The van der Waals surface area contributed by atoms with Crippen molar-refractivity contribution in [2.45, 2.75) is 18.0 Å². The van der Waals surface area contributed by atoms with E-state index in [4.69, 9.17) is 28.5 Å². The summed E-state index contributed by atoms with van der Waals surface area (Å²) in [6.45, 7) is 1.52. The predicted molar refractivity (Wildman–Crippen MR) is 80.4 cm³/mol. The van der Waals surface area contributed by atoms with Gasteiger partial charge in [-0.3, -0.25) is 0 Å². The normalized spacial score (nSPS) is 13.0. The first-order valence-corrected chi connectivity index (χ1v) is 8.29. The number of halogens is 5. The first-order valence-electron chi connectivity index (χ1n) is 5.97. The van der Waals surface area contributed by atoms with Crippen LogP contribution in [0.4, 0.5) is 13.2 Å². The Bertz CT molecular complexity index is 789. The zero-order valence-corrected chi connectivity index (χ0v) is 14.0. The van der Waals surface area contributed by atoms with Crippen molar-refractivity contribution in [2.24, 2.45) is 0 Å². The molecule has 2 aromatic rings. The number of nitriles is 1. The Kier molecular flexibility index (Phi) is 4.87. The van der Waals surface area contributed by atoms with Gasteiger partial charge in [0.1, 0.15) is 18.0 Å². The van der Waals surface area contributed by atoms with Gasteiger partial charge in [-0.25, -0.2) is 4.68 Å². The van der Waals surface area contributed by atoms with Gasteiger partial charge in [0.2, 0.25) is 10.6 Å². The average molecular weight is 382 g/mol. The monoisotopic (exact) mass is 381 g/mol. The van der Waals surface area contributed by atoms with Gasteiger partial charge in [0.05, 0.1) is 21.3 Å². The fraction of sp³-hybridized carbons (Fsp3) is 0.231. The SMILES string of the molecule is Cc1c([S+](C)[O-])c(C#N)nn1-c1c(Cl)cc(C(F)(F)F)cc1Cl. The summed E-state index contributed by atoms with van der Waals surface area (Å²) in [6.07, 6.45) is -3.23. The standard InChI is InChI=1S/C13H8Cl2F3N3OS/c1-6-12(23(2)22)10(5-19)20-21(6)11-8(14)3-7(4-9(11)15)13(16,17)18/h3-4H,1-2H3. The van der Waals surface area contributed by atoms with Gasteiger partial charge in [-0.2, -0.15) is 23.5 Å². The number of aromatic nitrogens is 2. The molecule has 0 N–H and O–H groups in total. The van der Waals surface area contributed by atoms with E-state index >= 15 is 0 Å². The lowest BCUT2D eigenvalue weighted by molar-refractivity contribution is -0.137. The van der Waals surface area contributed by atoms with Crippen molar-refractivity contribution in [3.05, 3.63) is 39.1 Å². The molecule has 0 saturated heterocycles. The van der Waals surface area contributed by atoms with Gasteiger partial charge in [-0.15, -0.1) is 0 Å². The van der Waals surface area contributed by atoms with Gasteiger partial charge in [0, 0.05) is 0 Å². The van der Waals surface area contributed by atoms with Crippen molar-refractivity contribution in [1.29, 1.82) is 5.26 Å². The highest BCUT2D eigenvalue weighted by atomic mass is 35.5. The molecule has 0 spiro atoms. The fourth-order valence-electron chi connectivity index (χ4n) is 2.05. The molecule has 0 radical (unpaired) electrons. The largest absolute Gasteiger partial charge is 0.612 e. The second-order valence-corrected chi connectivity index (χ2v) is 6.66. The number of alkyl halides is 3. The van der Waals surface area contributed by atoms with Gasteiger partial charge in [-0.1, -0.05) is 23.2 Å². The molecule has 1 heterocycles. The summed E-state index contributed by atoms with van der Waals surface area (Å²) in [7, 11) is 0. The third-order valence-corrected chi connectivity index (χ3v) is 4.65. The number of rotatable bonds is 2. The fourth-order valence-corrected chi connectivity index (χ4v) is 3.56. The highest BCUT2D eigenvalue weighted by molar-refractivity contribution is 7.90. The Morgan fingerprint density at radius 2 is 1.83 bits per heavy atom. The molecule has 0 fully saturated rings. The van der Waals surface area contributed by atoms with Crippen molar-refractivity contribution >= 4 is 34.4 Å². The second kappa shape index (κ2) is 6.24. The van der Waals surface area contributed by atoms with Crippen LogP contribution >= 0.6 is 23.2 Å². The van der Waals surface area contributed by atoms with Crippen molar-refractivity contribution in [3.8, 4) is 11.8 Å². The molecular weight excluding hydrogens is 374 g/mol. The molecular formula is C13H8Cl2F3N3OS. The Hall–Kier alpha value is -1.40. The highest BCUT2D eigenvalue weighted by Gasteiger charge is 2.33. The van der Waals surface area contributed by atoms with Gasteiger partial charge in [0.25, 0.3) is 0 Å². The van der Waals surface area contributed by atoms with Crippen LogP contribution in [0, 0.1) is 18.3 Å². The first-order chi connectivity index (χ1) is 10.6. The maximum absolute atomic E-state index is 12.8. The van der Waals surface area contributed by atoms with Crippen LogP contribution in [0.25, 0.3) is 5.69 Å².